The van der Waals surface area contributed by atoms with E-state index in [9.17, 15) is 15.3 Å². The Balaban J connectivity index is 0.000000112. The summed E-state index contributed by atoms with van der Waals surface area (Å²) in [6.07, 6.45) is 24.2. The Kier molecular flexibility index (Phi) is 16.9. The predicted molar refractivity (Wildman–Crippen MR) is 413 cm³/mol. The Morgan fingerprint density at radius 3 is 0.991 bits per heavy atom. The largest absolute Gasteiger partial charge is 0.477 e. The van der Waals surface area contributed by atoms with Crippen LogP contribution in [0.15, 0.2) is 129 Å². The third-order valence-corrected chi connectivity index (χ3v) is 21.5. The van der Waals surface area contributed by atoms with Gasteiger partial charge in [0.25, 0.3) is 0 Å². The lowest BCUT2D eigenvalue weighted by Crippen LogP contribution is -2.16. The molecule has 111 heavy (non-hydrogen) atoms. The second-order valence-electron chi connectivity index (χ2n) is 28.3. The molecule has 0 saturated heterocycles. The van der Waals surface area contributed by atoms with E-state index < -0.39 is 18.3 Å². The summed E-state index contributed by atoms with van der Waals surface area (Å²) in [5.41, 5.74) is 31.7. The van der Waals surface area contributed by atoms with Crippen LogP contribution in [0.25, 0.3) is 66.1 Å². The summed E-state index contributed by atoms with van der Waals surface area (Å²) in [5, 5.41) is 60.8. The van der Waals surface area contributed by atoms with Crippen LogP contribution in [-0.2, 0) is 58.5 Å². The van der Waals surface area contributed by atoms with Gasteiger partial charge in [0, 0.05) is 217 Å². The minimum atomic E-state index is -0.612. The zero-order chi connectivity index (χ0) is 75.3. The van der Waals surface area contributed by atoms with Crippen molar-refractivity contribution in [2.75, 3.05) is 53.0 Å². The van der Waals surface area contributed by atoms with E-state index in [1.165, 1.54) is 0 Å². The van der Waals surface area contributed by atoms with Crippen LogP contribution in [0.2, 0.25) is 0 Å². The molecule has 3 atom stereocenters. The van der Waals surface area contributed by atoms with Crippen molar-refractivity contribution in [3.63, 3.8) is 0 Å². The summed E-state index contributed by atoms with van der Waals surface area (Å²) >= 11 is 0. The molecule has 0 bridgehead atoms. The van der Waals surface area contributed by atoms with Gasteiger partial charge in [-0.05, 0) is 90.0 Å². The van der Waals surface area contributed by atoms with Crippen molar-refractivity contribution in [1.29, 1.82) is 0 Å². The van der Waals surface area contributed by atoms with E-state index in [2.05, 4.69) is 108 Å². The van der Waals surface area contributed by atoms with Crippen LogP contribution in [0.1, 0.15) is 106 Å². The summed E-state index contributed by atoms with van der Waals surface area (Å²) in [7, 11) is 0. The lowest BCUT2D eigenvalue weighted by atomic mass is 9.95. The van der Waals surface area contributed by atoms with Gasteiger partial charge in [-0.15, -0.1) is 0 Å². The van der Waals surface area contributed by atoms with Crippen LogP contribution in [0.4, 0.5) is 52.4 Å². The van der Waals surface area contributed by atoms with Gasteiger partial charge >= 0.3 is 0 Å². The second kappa shape index (κ2) is 27.6. The van der Waals surface area contributed by atoms with Gasteiger partial charge in [-0.1, -0.05) is 0 Å². The van der Waals surface area contributed by atoms with Gasteiger partial charge in [0.15, 0.2) is 17.5 Å². The Bertz CT molecular complexity index is 5610. The van der Waals surface area contributed by atoms with E-state index in [0.29, 0.717) is 145 Å². The highest BCUT2D eigenvalue weighted by Crippen LogP contribution is 2.43. The van der Waals surface area contributed by atoms with Crippen molar-refractivity contribution in [3.05, 3.63) is 197 Å². The van der Waals surface area contributed by atoms with Crippen LogP contribution in [0, 0.1) is 20.8 Å². The van der Waals surface area contributed by atoms with Crippen molar-refractivity contribution in [2.45, 2.75) is 117 Å². The number of aliphatic hydroxyl groups is 3. The number of aliphatic hydroxyl groups excluding tert-OH is 3. The van der Waals surface area contributed by atoms with Crippen LogP contribution < -0.4 is 47.4 Å². The molecule has 21 rings (SSSR count). The number of pyridine rings is 9. The van der Waals surface area contributed by atoms with Crippen LogP contribution >= 0.6 is 0 Å². The van der Waals surface area contributed by atoms with Gasteiger partial charge in [-0.25, -0.2) is 59.8 Å². The molecule has 0 aliphatic carbocycles. The third kappa shape index (κ3) is 12.8. The van der Waals surface area contributed by atoms with Gasteiger partial charge in [0.1, 0.15) is 52.4 Å². The molecule has 33 heteroatoms. The SMILES string of the molecule is Cc1c(-c2cc3cc(Nc4cc5n(n4)Cc4nccn4CC5)ncc3c(N)n2)cnc2c1C(O)CCO2.Cc1c(-c2cc3cc(Nc4cc5n(n4)Cc4nccn4CC5)ncc3c(N)n2)cnc2c1[C@@H](O)CCO2.Cc1c(-c2cc3cc(Nc4cc5n(n4)Cc4nccn4CC5)ncc3c(N)n2)cnc2c1[C@H](O)CCO2. The summed E-state index contributed by atoms with van der Waals surface area (Å²) in [4.78, 5) is 54.1. The Hall–Kier alpha value is -13.5. The van der Waals surface area contributed by atoms with E-state index in [4.69, 9.17) is 46.7 Å². The zero-order valence-electron chi connectivity index (χ0n) is 60.7. The standard InChI is InChI=1S/3C26H25N9O2/c3*1-14-17(11-30-26-24(14)20(36)3-7-37-26)19-8-15-9-21(29-12-18(15)25(27)31-19)32-22-10-16-2-5-34-6-4-28-23(34)13-35(16)33-22/h3*4,6,8-12,20,36H,2-3,5,7,13H2,1H3,(H2,27,31)(H,29,32,33)/t2*20-;/m10./s1. The maximum absolute atomic E-state index is 10.5. The summed E-state index contributed by atoms with van der Waals surface area (Å²) < 4.78 is 29.4. The number of rotatable bonds is 9. The molecule has 0 spiro atoms. The molecule has 21 heterocycles. The molecule has 6 aliphatic rings. The summed E-state index contributed by atoms with van der Waals surface area (Å²) in [6, 6.07) is 17.9. The van der Waals surface area contributed by atoms with Gasteiger partial charge in [0.05, 0.1) is 74.8 Å². The van der Waals surface area contributed by atoms with Crippen molar-refractivity contribution in [2.24, 2.45) is 0 Å². The molecule has 0 amide bonds. The molecule has 558 valence electrons. The fraction of sp³-hybridized carbons (Fsp3) is 0.269. The molecule has 6 aliphatic heterocycles. The molecule has 1 unspecified atom stereocenters. The fourth-order valence-electron chi connectivity index (χ4n) is 15.6. The van der Waals surface area contributed by atoms with Crippen LogP contribution in [0.3, 0.4) is 0 Å². The van der Waals surface area contributed by atoms with Gasteiger partial charge in [0.2, 0.25) is 17.6 Å². The number of fused-ring (bicyclic) bond motifs is 12. The number of ether oxygens (including phenoxy) is 3. The molecular formula is C78H75N27O6. The maximum atomic E-state index is 10.5. The molecule has 12 N–H and O–H groups in total. The van der Waals surface area contributed by atoms with E-state index >= 15 is 0 Å². The van der Waals surface area contributed by atoms with Gasteiger partial charge in [-0.2, -0.15) is 15.3 Å². The quantitative estimate of drug-likeness (QED) is 0.0649. The smallest absolute Gasteiger partial charge is 0.219 e. The van der Waals surface area contributed by atoms with Crippen molar-refractivity contribution in [3.8, 4) is 51.4 Å². The molecule has 15 aromatic heterocycles. The molecule has 0 radical (unpaired) electrons. The summed E-state index contributed by atoms with van der Waals surface area (Å²) in [5.74, 6) is 9.73. The topological polar surface area (TPSA) is 425 Å². The average molecular weight is 1490 g/mol. The number of aromatic nitrogens is 21. The van der Waals surface area contributed by atoms with Crippen molar-refractivity contribution < 1.29 is 29.5 Å². The monoisotopic (exact) mass is 1490 g/mol. The van der Waals surface area contributed by atoms with Crippen molar-refractivity contribution in [1.82, 2.24) is 103 Å². The lowest BCUT2D eigenvalue weighted by Gasteiger charge is -2.24. The zero-order valence-corrected chi connectivity index (χ0v) is 60.7. The number of aryl methyl sites for hydroxylation is 6. The Morgan fingerprint density at radius 2 is 0.685 bits per heavy atom. The van der Waals surface area contributed by atoms with E-state index in [1.807, 2.05) is 108 Å². The first-order valence-electron chi connectivity index (χ1n) is 36.7. The van der Waals surface area contributed by atoms with E-state index in [1.54, 1.807) is 37.2 Å². The number of imidazole rings is 3. The molecular weight excluding hydrogens is 1410 g/mol. The van der Waals surface area contributed by atoms with E-state index in [0.717, 1.165) is 157 Å². The molecule has 15 aromatic rings. The van der Waals surface area contributed by atoms with Crippen molar-refractivity contribution >= 4 is 84.7 Å². The van der Waals surface area contributed by atoms with Crippen LogP contribution in [0.5, 0.6) is 17.6 Å². The molecule has 0 fully saturated rings. The number of hydrogen-bond donors (Lipinski definition) is 9. The number of nitrogen functional groups attached to an aromatic ring is 3. The average Bonchev–Trinajstić information content (AvgIpc) is 1.61. The highest BCUT2D eigenvalue weighted by Gasteiger charge is 2.30. The van der Waals surface area contributed by atoms with Gasteiger partial charge < -0.3 is 76.4 Å². The first kappa shape index (κ1) is 68.0. The minimum Gasteiger partial charge on any atom is -0.477 e. The minimum absolute atomic E-state index is 0.379. The lowest BCUT2D eigenvalue weighted by molar-refractivity contribution is 0.111. The first-order chi connectivity index (χ1) is 54.1. The second-order valence-corrected chi connectivity index (χ2v) is 28.3. The third-order valence-electron chi connectivity index (χ3n) is 21.5. The number of nitrogens with two attached hydrogens (primary N) is 3. The molecule has 33 nitrogen and oxygen atoms in total. The molecule has 0 aromatic carbocycles. The number of anilines is 9. The van der Waals surface area contributed by atoms with E-state index in [-0.39, 0.29) is 0 Å². The first-order valence-corrected chi connectivity index (χ1v) is 36.7. The Labute approximate surface area is 632 Å². The van der Waals surface area contributed by atoms with Crippen LogP contribution in [-0.4, -0.2) is 138 Å². The highest BCUT2D eigenvalue weighted by molar-refractivity contribution is 5.97. The van der Waals surface area contributed by atoms with Gasteiger partial charge in [-0.3, -0.25) is 14.0 Å². The Morgan fingerprint density at radius 1 is 0.378 bits per heavy atom. The maximum Gasteiger partial charge on any atom is 0.219 e. The normalized spacial score (nSPS) is 16.4. The fourth-order valence-corrected chi connectivity index (χ4v) is 15.6. The summed E-state index contributed by atoms with van der Waals surface area (Å²) in [6.45, 7) is 11.7. The number of hydrogen-bond acceptors (Lipinski definition) is 27. The molecule has 0 saturated carbocycles. The predicted octanol–water partition coefficient (Wildman–Crippen LogP) is 9.42. The number of nitrogens with zero attached hydrogens (tertiary/aromatic N) is 21. The number of nitrogens with one attached hydrogen (secondary N) is 3. The highest BCUT2D eigenvalue weighted by atomic mass is 16.5.